The number of benzene rings is 1. The molecule has 0 radical (unpaired) electrons. The Morgan fingerprint density at radius 3 is 2.67 bits per heavy atom. The molecule has 1 aromatic heterocycles. The van der Waals surface area contributed by atoms with Crippen molar-refractivity contribution in [2.75, 3.05) is 11.9 Å². The highest BCUT2D eigenvalue weighted by Crippen LogP contribution is 2.16. The molecule has 1 unspecified atom stereocenters. The van der Waals surface area contributed by atoms with E-state index in [0.29, 0.717) is 13.2 Å². The van der Waals surface area contributed by atoms with Crippen LogP contribution in [0.4, 0.5) is 5.69 Å². The SMILES string of the molecule is CCOc1ccc(NC(C)C(=O)NCc2cccs2)cc1. The molecule has 0 saturated carbocycles. The first-order chi connectivity index (χ1) is 10.2. The molecule has 0 aliphatic carbocycles. The average Bonchev–Trinajstić information content (AvgIpc) is 3.00. The monoisotopic (exact) mass is 304 g/mol. The fourth-order valence-corrected chi connectivity index (χ4v) is 2.51. The highest BCUT2D eigenvalue weighted by Gasteiger charge is 2.12. The number of nitrogens with one attached hydrogen (secondary N) is 2. The molecule has 4 nitrogen and oxygen atoms in total. The van der Waals surface area contributed by atoms with E-state index in [1.165, 1.54) is 0 Å². The molecule has 2 N–H and O–H groups in total. The lowest BCUT2D eigenvalue weighted by Crippen LogP contribution is -2.37. The van der Waals surface area contributed by atoms with Gasteiger partial charge in [-0.3, -0.25) is 4.79 Å². The summed E-state index contributed by atoms with van der Waals surface area (Å²) in [4.78, 5) is 13.2. The van der Waals surface area contributed by atoms with Gasteiger partial charge in [0, 0.05) is 10.6 Å². The van der Waals surface area contributed by atoms with Crippen LogP contribution in [0.25, 0.3) is 0 Å². The summed E-state index contributed by atoms with van der Waals surface area (Å²) in [6.07, 6.45) is 0. The molecule has 5 heteroatoms. The fraction of sp³-hybridized carbons (Fsp3) is 0.312. The second kappa shape index (κ2) is 7.69. The van der Waals surface area contributed by atoms with Gasteiger partial charge in [0.25, 0.3) is 0 Å². The third kappa shape index (κ3) is 4.79. The van der Waals surface area contributed by atoms with Gasteiger partial charge in [-0.1, -0.05) is 6.07 Å². The third-order valence-electron chi connectivity index (χ3n) is 2.96. The van der Waals surface area contributed by atoms with Crippen LogP contribution in [0.2, 0.25) is 0 Å². The van der Waals surface area contributed by atoms with Crippen LogP contribution in [-0.4, -0.2) is 18.6 Å². The molecule has 1 heterocycles. The zero-order valence-corrected chi connectivity index (χ0v) is 13.1. The lowest BCUT2D eigenvalue weighted by molar-refractivity contribution is -0.121. The number of thiophene rings is 1. The topological polar surface area (TPSA) is 50.4 Å². The molecule has 0 spiro atoms. The van der Waals surface area contributed by atoms with Crippen LogP contribution < -0.4 is 15.4 Å². The molecule has 0 fully saturated rings. The molecule has 0 saturated heterocycles. The minimum Gasteiger partial charge on any atom is -0.494 e. The van der Waals surface area contributed by atoms with Gasteiger partial charge in [0.2, 0.25) is 5.91 Å². The molecular formula is C16H20N2O2S. The Morgan fingerprint density at radius 2 is 2.05 bits per heavy atom. The van der Waals surface area contributed by atoms with Crippen molar-refractivity contribution in [3.8, 4) is 5.75 Å². The Labute approximate surface area is 129 Å². The molecule has 2 rings (SSSR count). The van der Waals surface area contributed by atoms with Crippen molar-refractivity contribution in [1.29, 1.82) is 0 Å². The summed E-state index contributed by atoms with van der Waals surface area (Å²) in [5.41, 5.74) is 0.900. The Morgan fingerprint density at radius 1 is 1.29 bits per heavy atom. The number of amides is 1. The number of carbonyl (C=O) groups excluding carboxylic acids is 1. The quantitative estimate of drug-likeness (QED) is 0.825. The van der Waals surface area contributed by atoms with Crippen LogP contribution in [0.5, 0.6) is 5.75 Å². The number of anilines is 1. The molecular weight excluding hydrogens is 284 g/mol. The van der Waals surface area contributed by atoms with Crippen LogP contribution in [-0.2, 0) is 11.3 Å². The van der Waals surface area contributed by atoms with Gasteiger partial charge in [-0.15, -0.1) is 11.3 Å². The summed E-state index contributed by atoms with van der Waals surface area (Å²) in [6.45, 7) is 5.02. The van der Waals surface area contributed by atoms with Crippen molar-refractivity contribution in [3.05, 3.63) is 46.7 Å². The van der Waals surface area contributed by atoms with Crippen molar-refractivity contribution >= 4 is 22.9 Å². The number of hydrogen-bond acceptors (Lipinski definition) is 4. The molecule has 112 valence electrons. The Hall–Kier alpha value is -2.01. The molecule has 1 amide bonds. The predicted octanol–water partition coefficient (Wildman–Crippen LogP) is 3.26. The highest BCUT2D eigenvalue weighted by atomic mass is 32.1. The summed E-state index contributed by atoms with van der Waals surface area (Å²) in [5.74, 6) is 0.815. The smallest absolute Gasteiger partial charge is 0.242 e. The molecule has 21 heavy (non-hydrogen) atoms. The second-order valence-electron chi connectivity index (χ2n) is 4.62. The summed E-state index contributed by atoms with van der Waals surface area (Å²) < 4.78 is 5.39. The van der Waals surface area contributed by atoms with E-state index >= 15 is 0 Å². The number of rotatable bonds is 7. The van der Waals surface area contributed by atoms with Gasteiger partial charge in [-0.2, -0.15) is 0 Å². The van der Waals surface area contributed by atoms with E-state index in [1.54, 1.807) is 11.3 Å². The van der Waals surface area contributed by atoms with Crippen molar-refractivity contribution in [2.45, 2.75) is 26.4 Å². The maximum absolute atomic E-state index is 12.0. The Bertz CT molecular complexity index is 552. The van der Waals surface area contributed by atoms with E-state index in [0.717, 1.165) is 16.3 Å². The largest absolute Gasteiger partial charge is 0.494 e. The standard InChI is InChI=1S/C16H20N2O2S/c1-3-20-14-8-6-13(7-9-14)18-12(2)16(19)17-11-15-5-4-10-21-15/h4-10,12,18H,3,11H2,1-2H3,(H,17,19). The van der Waals surface area contributed by atoms with Gasteiger partial charge >= 0.3 is 0 Å². The van der Waals surface area contributed by atoms with Gasteiger partial charge in [0.1, 0.15) is 11.8 Å². The molecule has 0 bridgehead atoms. The van der Waals surface area contributed by atoms with E-state index in [4.69, 9.17) is 4.74 Å². The zero-order valence-electron chi connectivity index (χ0n) is 12.3. The summed E-state index contributed by atoms with van der Waals surface area (Å²) in [5, 5.41) is 8.10. The zero-order chi connectivity index (χ0) is 15.1. The number of carbonyl (C=O) groups is 1. The highest BCUT2D eigenvalue weighted by molar-refractivity contribution is 7.09. The van der Waals surface area contributed by atoms with Crippen molar-refractivity contribution in [3.63, 3.8) is 0 Å². The van der Waals surface area contributed by atoms with E-state index < -0.39 is 0 Å². The van der Waals surface area contributed by atoms with Crippen molar-refractivity contribution < 1.29 is 9.53 Å². The van der Waals surface area contributed by atoms with Gasteiger partial charge in [0.05, 0.1) is 13.2 Å². The second-order valence-corrected chi connectivity index (χ2v) is 5.65. The maximum atomic E-state index is 12.0. The number of hydrogen-bond donors (Lipinski definition) is 2. The summed E-state index contributed by atoms with van der Waals surface area (Å²) in [6, 6.07) is 11.3. The van der Waals surface area contributed by atoms with E-state index in [2.05, 4.69) is 10.6 Å². The van der Waals surface area contributed by atoms with E-state index in [1.807, 2.05) is 55.6 Å². The first-order valence-corrected chi connectivity index (χ1v) is 7.86. The molecule has 0 aliphatic rings. The van der Waals surface area contributed by atoms with Crippen molar-refractivity contribution in [2.24, 2.45) is 0 Å². The lowest BCUT2D eigenvalue weighted by Gasteiger charge is -2.15. The van der Waals surface area contributed by atoms with Crippen molar-refractivity contribution in [1.82, 2.24) is 5.32 Å². The minimum atomic E-state index is -0.289. The van der Waals surface area contributed by atoms with Crippen LogP contribution in [0.1, 0.15) is 18.7 Å². The third-order valence-corrected chi connectivity index (χ3v) is 3.84. The molecule has 2 aromatic rings. The maximum Gasteiger partial charge on any atom is 0.242 e. The Balaban J connectivity index is 1.82. The predicted molar refractivity (Wildman–Crippen MR) is 86.9 cm³/mol. The Kier molecular flexibility index (Phi) is 5.63. The van der Waals surface area contributed by atoms with E-state index in [-0.39, 0.29) is 11.9 Å². The molecule has 0 aliphatic heterocycles. The van der Waals surface area contributed by atoms with Gasteiger partial charge < -0.3 is 15.4 Å². The summed E-state index contributed by atoms with van der Waals surface area (Å²) >= 11 is 1.64. The average molecular weight is 304 g/mol. The first-order valence-electron chi connectivity index (χ1n) is 6.98. The minimum absolute atomic E-state index is 0.0164. The van der Waals surface area contributed by atoms with Crippen LogP contribution in [0, 0.1) is 0 Å². The number of ether oxygens (including phenoxy) is 1. The van der Waals surface area contributed by atoms with Crippen LogP contribution >= 0.6 is 11.3 Å². The van der Waals surface area contributed by atoms with Gasteiger partial charge in [-0.05, 0) is 49.6 Å². The van der Waals surface area contributed by atoms with Crippen LogP contribution in [0.3, 0.4) is 0 Å². The molecule has 1 atom stereocenters. The molecule has 1 aromatic carbocycles. The van der Waals surface area contributed by atoms with Gasteiger partial charge in [0.15, 0.2) is 0 Å². The first kappa shape index (κ1) is 15.4. The van der Waals surface area contributed by atoms with E-state index in [9.17, 15) is 4.79 Å². The lowest BCUT2D eigenvalue weighted by atomic mass is 10.2. The normalized spacial score (nSPS) is 11.7. The van der Waals surface area contributed by atoms with Gasteiger partial charge in [-0.25, -0.2) is 0 Å². The fourth-order valence-electron chi connectivity index (χ4n) is 1.87. The van der Waals surface area contributed by atoms with Crippen LogP contribution in [0.15, 0.2) is 41.8 Å². The summed E-state index contributed by atoms with van der Waals surface area (Å²) in [7, 11) is 0.